The molecule has 0 aliphatic carbocycles. The zero-order valence-electron chi connectivity index (χ0n) is 27.8. The standard InChI is InChI=1S/C34H46N6O8/c1-21(2)31(38-28(41)8-6-5-7-15-39-29(42)13-14-30(39)43)33(45)36-23(4)32(44)37-25-11-9-24(10-12-25)18-48-34(46)40-20-47-19-27(40)26-16-22(3)17-35-26/h9-14,21,23,26-27,31,35H,3,5-8,15-20H2,1-2,4H3,(H,36,45)(H,37,44)(H,38,41)/t23-,26-,27?,31-/m0/s1. The molecule has 3 heterocycles. The summed E-state index contributed by atoms with van der Waals surface area (Å²) in [4.78, 5) is 77.2. The smallest absolute Gasteiger partial charge is 0.412 e. The SMILES string of the molecule is C=C1CN[C@H](C2COCN2C(=O)OCc2ccc(NC(=O)[C@H](C)NC(=O)[C@@H](NC(=O)CCCCCN3C(=O)C=CC3=O)C(C)C)cc2)C1. The predicted octanol–water partition coefficient (Wildman–Crippen LogP) is 1.97. The van der Waals surface area contributed by atoms with E-state index in [-0.39, 0.29) is 55.5 Å². The monoisotopic (exact) mass is 666 g/mol. The first-order chi connectivity index (χ1) is 22.9. The van der Waals surface area contributed by atoms with E-state index in [4.69, 9.17) is 9.47 Å². The molecule has 2 fully saturated rings. The first kappa shape index (κ1) is 36.3. The zero-order valence-corrected chi connectivity index (χ0v) is 27.8. The number of carbonyl (C=O) groups is 6. The van der Waals surface area contributed by atoms with Gasteiger partial charge in [0.25, 0.3) is 11.8 Å². The van der Waals surface area contributed by atoms with Crippen molar-refractivity contribution in [2.45, 2.75) is 83.6 Å². The number of imide groups is 1. The molecule has 260 valence electrons. The lowest BCUT2D eigenvalue weighted by Gasteiger charge is -2.26. The molecule has 48 heavy (non-hydrogen) atoms. The van der Waals surface area contributed by atoms with Crippen LogP contribution in [0.15, 0.2) is 48.6 Å². The Morgan fingerprint density at radius 2 is 1.71 bits per heavy atom. The number of rotatable bonds is 15. The molecule has 14 nitrogen and oxygen atoms in total. The minimum absolute atomic E-state index is 0.0498. The Hall–Kier alpha value is -4.56. The van der Waals surface area contributed by atoms with Crippen molar-refractivity contribution in [3.8, 4) is 0 Å². The fourth-order valence-corrected chi connectivity index (χ4v) is 5.68. The van der Waals surface area contributed by atoms with Crippen molar-refractivity contribution in [2.24, 2.45) is 5.92 Å². The first-order valence-electron chi connectivity index (χ1n) is 16.4. The van der Waals surface area contributed by atoms with Crippen LogP contribution >= 0.6 is 0 Å². The van der Waals surface area contributed by atoms with E-state index in [1.807, 2.05) is 0 Å². The largest absolute Gasteiger partial charge is 0.444 e. The molecular formula is C34H46N6O8. The van der Waals surface area contributed by atoms with Crippen molar-refractivity contribution >= 4 is 41.3 Å². The van der Waals surface area contributed by atoms with Crippen molar-refractivity contribution in [3.05, 3.63) is 54.1 Å². The van der Waals surface area contributed by atoms with Gasteiger partial charge < -0.3 is 30.7 Å². The van der Waals surface area contributed by atoms with E-state index in [1.165, 1.54) is 17.1 Å². The van der Waals surface area contributed by atoms with Crippen molar-refractivity contribution in [2.75, 3.05) is 31.7 Å². The van der Waals surface area contributed by atoms with Crippen molar-refractivity contribution < 1.29 is 38.2 Å². The maximum absolute atomic E-state index is 13.0. The highest BCUT2D eigenvalue weighted by Gasteiger charge is 2.38. The van der Waals surface area contributed by atoms with Crippen LogP contribution in [-0.2, 0) is 40.1 Å². The van der Waals surface area contributed by atoms with Crippen LogP contribution in [0.2, 0.25) is 0 Å². The summed E-state index contributed by atoms with van der Waals surface area (Å²) in [7, 11) is 0. The normalized spacial score (nSPS) is 20.3. The average Bonchev–Trinajstić information content (AvgIpc) is 3.79. The summed E-state index contributed by atoms with van der Waals surface area (Å²) in [5, 5.41) is 11.6. The van der Waals surface area contributed by atoms with Gasteiger partial charge in [-0.05, 0) is 49.8 Å². The Morgan fingerprint density at radius 1 is 1.00 bits per heavy atom. The molecular weight excluding hydrogens is 620 g/mol. The van der Waals surface area contributed by atoms with Crippen LogP contribution in [0.4, 0.5) is 10.5 Å². The van der Waals surface area contributed by atoms with Crippen LogP contribution in [0.1, 0.15) is 58.4 Å². The van der Waals surface area contributed by atoms with Gasteiger partial charge in [0.15, 0.2) is 0 Å². The van der Waals surface area contributed by atoms with Crippen molar-refractivity contribution in [1.82, 2.24) is 25.8 Å². The second-order valence-corrected chi connectivity index (χ2v) is 12.7. The Balaban J connectivity index is 1.16. The highest BCUT2D eigenvalue weighted by atomic mass is 16.6. The van der Waals surface area contributed by atoms with Crippen molar-refractivity contribution in [1.29, 1.82) is 0 Å². The number of nitrogens with one attached hydrogen (secondary N) is 4. The summed E-state index contributed by atoms with van der Waals surface area (Å²) in [6, 6.07) is 5.08. The molecule has 2 saturated heterocycles. The average molecular weight is 667 g/mol. The van der Waals surface area contributed by atoms with Crippen LogP contribution in [0.5, 0.6) is 0 Å². The summed E-state index contributed by atoms with van der Waals surface area (Å²) >= 11 is 0. The Kier molecular flexibility index (Phi) is 12.9. The van der Waals surface area contributed by atoms with Gasteiger partial charge in [-0.15, -0.1) is 0 Å². The number of ether oxygens (including phenoxy) is 2. The molecule has 4 rings (SSSR count). The van der Waals surface area contributed by atoms with E-state index < -0.39 is 30.0 Å². The molecule has 4 atom stereocenters. The first-order valence-corrected chi connectivity index (χ1v) is 16.4. The molecule has 1 aromatic carbocycles. The minimum Gasteiger partial charge on any atom is -0.444 e. The Bertz CT molecular complexity index is 1390. The van der Waals surface area contributed by atoms with Crippen LogP contribution < -0.4 is 21.3 Å². The summed E-state index contributed by atoms with van der Waals surface area (Å²) in [6.07, 6.45) is 4.74. The van der Waals surface area contributed by atoms with Crippen LogP contribution in [0, 0.1) is 5.92 Å². The summed E-state index contributed by atoms with van der Waals surface area (Å²) in [5.74, 6) is -2.10. The Labute approximate surface area is 280 Å². The van der Waals surface area contributed by atoms with E-state index >= 15 is 0 Å². The topological polar surface area (TPSA) is 175 Å². The molecule has 4 N–H and O–H groups in total. The molecule has 0 aromatic heterocycles. The van der Waals surface area contributed by atoms with Crippen molar-refractivity contribution in [3.63, 3.8) is 0 Å². The molecule has 0 radical (unpaired) electrons. The highest BCUT2D eigenvalue weighted by Crippen LogP contribution is 2.23. The number of unbranched alkanes of at least 4 members (excludes halogenated alkanes) is 2. The number of hydrogen-bond acceptors (Lipinski definition) is 9. The van der Waals surface area contributed by atoms with Gasteiger partial charge in [-0.25, -0.2) is 4.79 Å². The number of nitrogens with zero attached hydrogens (tertiary/aromatic N) is 2. The van der Waals surface area contributed by atoms with E-state index in [0.717, 1.165) is 24.1 Å². The summed E-state index contributed by atoms with van der Waals surface area (Å²) in [5.41, 5.74) is 2.33. The van der Waals surface area contributed by atoms with Crippen LogP contribution in [-0.4, -0.2) is 96.0 Å². The molecule has 6 amide bonds. The van der Waals surface area contributed by atoms with E-state index in [1.54, 1.807) is 49.9 Å². The number of amides is 6. The maximum atomic E-state index is 13.0. The summed E-state index contributed by atoms with van der Waals surface area (Å²) in [6.45, 7) is 10.8. The maximum Gasteiger partial charge on any atom is 0.412 e. The van der Waals surface area contributed by atoms with Gasteiger partial charge >= 0.3 is 6.09 Å². The summed E-state index contributed by atoms with van der Waals surface area (Å²) < 4.78 is 11.0. The number of benzene rings is 1. The van der Waals surface area contributed by atoms with Gasteiger partial charge in [-0.1, -0.05) is 44.6 Å². The van der Waals surface area contributed by atoms with E-state index in [9.17, 15) is 28.8 Å². The quantitative estimate of drug-likeness (QED) is 0.124. The van der Waals surface area contributed by atoms with Crippen LogP contribution in [0.25, 0.3) is 0 Å². The second-order valence-electron chi connectivity index (χ2n) is 12.7. The van der Waals surface area contributed by atoms with E-state index in [2.05, 4.69) is 27.8 Å². The molecule has 0 spiro atoms. The van der Waals surface area contributed by atoms with Gasteiger partial charge in [-0.3, -0.25) is 33.8 Å². The molecule has 0 bridgehead atoms. The minimum atomic E-state index is -0.885. The molecule has 14 heteroatoms. The van der Waals surface area contributed by atoms with Gasteiger partial charge in [0.05, 0.1) is 12.6 Å². The zero-order chi connectivity index (χ0) is 34.8. The molecule has 3 aliphatic heterocycles. The Morgan fingerprint density at radius 3 is 2.35 bits per heavy atom. The van der Waals surface area contributed by atoms with E-state index in [0.29, 0.717) is 38.1 Å². The number of carbonyl (C=O) groups excluding carboxylic acids is 6. The third kappa shape index (κ3) is 9.97. The number of hydrogen-bond donors (Lipinski definition) is 4. The molecule has 3 aliphatic rings. The number of anilines is 1. The fourth-order valence-electron chi connectivity index (χ4n) is 5.68. The lowest BCUT2D eigenvalue weighted by atomic mass is 10.0. The molecule has 0 saturated carbocycles. The second kappa shape index (κ2) is 17.0. The van der Waals surface area contributed by atoms with Gasteiger partial charge in [0, 0.05) is 43.4 Å². The fraction of sp³-hybridized carbons (Fsp3) is 0.529. The van der Waals surface area contributed by atoms with Gasteiger partial charge in [0.2, 0.25) is 17.7 Å². The van der Waals surface area contributed by atoms with Crippen LogP contribution in [0.3, 0.4) is 0 Å². The predicted molar refractivity (Wildman–Crippen MR) is 176 cm³/mol. The lowest BCUT2D eigenvalue weighted by Crippen LogP contribution is -2.53. The lowest BCUT2D eigenvalue weighted by molar-refractivity contribution is -0.137. The van der Waals surface area contributed by atoms with Gasteiger partial charge in [0.1, 0.15) is 25.4 Å². The van der Waals surface area contributed by atoms with Gasteiger partial charge in [-0.2, -0.15) is 0 Å². The molecule has 1 unspecified atom stereocenters. The molecule has 1 aromatic rings. The highest BCUT2D eigenvalue weighted by molar-refractivity contribution is 6.12. The third-order valence-electron chi connectivity index (χ3n) is 8.53. The third-order valence-corrected chi connectivity index (χ3v) is 8.53.